The Bertz CT molecular complexity index is 843. The Morgan fingerprint density at radius 3 is 2.75 bits per heavy atom. The summed E-state index contributed by atoms with van der Waals surface area (Å²) in [7, 11) is 0. The minimum absolute atomic E-state index is 0.0647. The summed E-state index contributed by atoms with van der Waals surface area (Å²) in [5.74, 6) is 1.53. The van der Waals surface area contributed by atoms with Crippen molar-refractivity contribution in [3.63, 3.8) is 0 Å². The summed E-state index contributed by atoms with van der Waals surface area (Å²) in [5, 5.41) is 0. The zero-order valence-electron chi connectivity index (χ0n) is 17.3. The van der Waals surface area contributed by atoms with Gasteiger partial charge in [-0.3, -0.25) is 0 Å². The van der Waals surface area contributed by atoms with E-state index in [1.54, 1.807) is 6.92 Å². The molecule has 0 aromatic heterocycles. The van der Waals surface area contributed by atoms with E-state index in [0.717, 1.165) is 29.9 Å². The maximum absolute atomic E-state index is 12.8. The molecule has 0 amide bonds. The number of hydrogen-bond acceptors (Lipinski definition) is 3. The Balaban J connectivity index is 1.70. The van der Waals surface area contributed by atoms with Crippen LogP contribution in [0.25, 0.3) is 0 Å². The monoisotopic (exact) mass is 376 g/mol. The van der Waals surface area contributed by atoms with Crippen molar-refractivity contribution in [2.24, 2.45) is 17.3 Å². The molecule has 1 aromatic carbocycles. The second-order valence-corrected chi connectivity index (χ2v) is 8.42. The average molecular weight is 376 g/mol. The van der Waals surface area contributed by atoms with Crippen LogP contribution in [0.3, 0.4) is 0 Å². The Morgan fingerprint density at radius 2 is 2.11 bits per heavy atom. The van der Waals surface area contributed by atoms with Crippen LogP contribution in [0.1, 0.15) is 52.1 Å². The molecule has 0 bridgehead atoms. The zero-order chi connectivity index (χ0) is 20.3. The van der Waals surface area contributed by atoms with Crippen LogP contribution in [-0.4, -0.2) is 19.4 Å². The molecule has 2 aliphatic carbocycles. The molecule has 0 aliphatic heterocycles. The van der Waals surface area contributed by atoms with Crippen LogP contribution in [0.4, 0.5) is 0 Å². The van der Waals surface area contributed by atoms with Gasteiger partial charge in [-0.05, 0) is 0 Å². The van der Waals surface area contributed by atoms with Gasteiger partial charge in [-0.1, -0.05) is 0 Å². The molecule has 1 fully saturated rings. The van der Waals surface area contributed by atoms with Gasteiger partial charge in [-0.2, -0.15) is 0 Å². The maximum atomic E-state index is 12.8. The standard InChI is InChI=1S/C24H29BO3/c1-16(2)14-20-21(24(20,3)4)23(26)28-22(25-5)17-10-9-13-19(15-17)27-18-11-7-6-8-12-18/h7,9-15,20-22H,5-6,8H2,1-4H3/t20?,21-,22?/m1/s1. The third kappa shape index (κ3) is 4.55. The van der Waals surface area contributed by atoms with Crippen LogP contribution in [0.5, 0.6) is 5.75 Å². The van der Waals surface area contributed by atoms with Gasteiger partial charge in [-0.15, -0.1) is 0 Å². The van der Waals surface area contributed by atoms with E-state index in [-0.39, 0.29) is 23.2 Å². The molecule has 0 spiro atoms. The number of ether oxygens (including phenoxy) is 2. The summed E-state index contributed by atoms with van der Waals surface area (Å²) in [6.07, 6.45) is 10.4. The van der Waals surface area contributed by atoms with Gasteiger partial charge < -0.3 is 0 Å². The number of carbonyl (C=O) groups excluding carboxylic acids is 1. The van der Waals surface area contributed by atoms with Crippen LogP contribution in [0.2, 0.25) is 0 Å². The van der Waals surface area contributed by atoms with E-state index in [9.17, 15) is 4.79 Å². The first-order valence-corrected chi connectivity index (χ1v) is 9.95. The van der Waals surface area contributed by atoms with Crippen molar-refractivity contribution in [1.82, 2.24) is 0 Å². The molecule has 0 saturated heterocycles. The molecule has 1 saturated carbocycles. The van der Waals surface area contributed by atoms with Gasteiger partial charge in [-0.25, -0.2) is 0 Å². The predicted molar refractivity (Wildman–Crippen MR) is 115 cm³/mol. The average Bonchev–Trinajstić information content (AvgIpc) is 3.20. The second-order valence-electron chi connectivity index (χ2n) is 8.42. The van der Waals surface area contributed by atoms with Crippen molar-refractivity contribution in [2.75, 3.05) is 0 Å². The molecule has 3 atom stereocenters. The van der Waals surface area contributed by atoms with Gasteiger partial charge in [0.05, 0.1) is 0 Å². The van der Waals surface area contributed by atoms with Gasteiger partial charge in [0.1, 0.15) is 0 Å². The van der Waals surface area contributed by atoms with Gasteiger partial charge in [0.15, 0.2) is 0 Å². The van der Waals surface area contributed by atoms with Crippen LogP contribution >= 0.6 is 0 Å². The molecule has 28 heavy (non-hydrogen) atoms. The molecule has 3 rings (SSSR count). The van der Waals surface area contributed by atoms with E-state index in [1.807, 2.05) is 30.3 Å². The number of benzene rings is 1. The van der Waals surface area contributed by atoms with Crippen LogP contribution in [0, 0.1) is 17.3 Å². The Morgan fingerprint density at radius 1 is 1.32 bits per heavy atom. The molecule has 3 nitrogen and oxygen atoms in total. The first-order chi connectivity index (χ1) is 13.3. The molecule has 146 valence electrons. The number of hydrogen-bond donors (Lipinski definition) is 0. The summed E-state index contributed by atoms with van der Waals surface area (Å²) in [6.45, 7) is 13.9. The molecular weight excluding hydrogens is 347 g/mol. The van der Waals surface area contributed by atoms with Crippen molar-refractivity contribution in [3.05, 3.63) is 65.5 Å². The fraction of sp³-hybridized carbons (Fsp3) is 0.417. The molecule has 1 aromatic rings. The fourth-order valence-corrected chi connectivity index (χ4v) is 3.80. The van der Waals surface area contributed by atoms with E-state index < -0.39 is 6.00 Å². The van der Waals surface area contributed by atoms with Gasteiger partial charge in [0.25, 0.3) is 0 Å². The summed E-state index contributed by atoms with van der Waals surface area (Å²) in [5.41, 5.74) is 2.02. The van der Waals surface area contributed by atoms with Crippen LogP contribution < -0.4 is 4.74 Å². The molecule has 4 heteroatoms. The SMILES string of the molecule is C=BC(OC(=O)[C@H]1C(C=C(C)C)C1(C)C)c1cccc(OC2=CCCC=C2)c1. The molecule has 0 heterocycles. The first-order valence-electron chi connectivity index (χ1n) is 9.95. The first kappa shape index (κ1) is 20.4. The topological polar surface area (TPSA) is 35.5 Å². The van der Waals surface area contributed by atoms with Gasteiger partial charge in [0, 0.05) is 0 Å². The summed E-state index contributed by atoms with van der Waals surface area (Å²) < 4.78 is 11.8. The van der Waals surface area contributed by atoms with Gasteiger partial charge in [0.2, 0.25) is 0 Å². The molecular formula is C24H29BO3. The molecule has 2 aliphatic rings. The van der Waals surface area contributed by atoms with Crippen molar-refractivity contribution in [1.29, 1.82) is 0 Å². The van der Waals surface area contributed by atoms with E-state index in [1.165, 1.54) is 5.57 Å². The molecule has 2 unspecified atom stereocenters. The van der Waals surface area contributed by atoms with Crippen LogP contribution in [0.15, 0.2) is 59.9 Å². The normalized spacial score (nSPS) is 23.1. The third-order valence-electron chi connectivity index (χ3n) is 5.52. The van der Waals surface area contributed by atoms with Gasteiger partial charge >= 0.3 is 169 Å². The van der Waals surface area contributed by atoms with E-state index in [0.29, 0.717) is 0 Å². The summed E-state index contributed by atoms with van der Waals surface area (Å²) in [4.78, 5) is 12.8. The van der Waals surface area contributed by atoms with Crippen molar-refractivity contribution in [3.8, 4) is 5.75 Å². The molecule has 0 N–H and O–H groups in total. The fourth-order valence-electron chi connectivity index (χ4n) is 3.80. The number of rotatable bonds is 7. The Kier molecular flexibility index (Phi) is 6.07. The zero-order valence-corrected chi connectivity index (χ0v) is 17.3. The second kappa shape index (κ2) is 8.34. The Hall–Kier alpha value is -2.36. The Labute approximate surface area is 169 Å². The third-order valence-corrected chi connectivity index (χ3v) is 5.52. The summed E-state index contributed by atoms with van der Waals surface area (Å²) in [6, 6.07) is 7.17. The predicted octanol–water partition coefficient (Wildman–Crippen LogP) is 5.22. The van der Waals surface area contributed by atoms with E-state index in [2.05, 4.69) is 52.4 Å². The minimum atomic E-state index is -0.490. The van der Waals surface area contributed by atoms with Crippen molar-refractivity contribution < 1.29 is 14.3 Å². The molecule has 0 radical (unpaired) electrons. The quantitative estimate of drug-likeness (QED) is 0.372. The van der Waals surface area contributed by atoms with Crippen LogP contribution in [-0.2, 0) is 9.53 Å². The van der Waals surface area contributed by atoms with E-state index >= 15 is 0 Å². The number of esters is 1. The number of carbonyl (C=O) groups is 1. The summed E-state index contributed by atoms with van der Waals surface area (Å²) >= 11 is 0. The number of allylic oxidation sites excluding steroid dienone is 5. The van der Waals surface area contributed by atoms with E-state index in [4.69, 9.17) is 9.47 Å². The van der Waals surface area contributed by atoms with Crippen molar-refractivity contribution in [2.45, 2.75) is 46.5 Å². The van der Waals surface area contributed by atoms with Crippen molar-refractivity contribution >= 4 is 19.4 Å².